The van der Waals surface area contributed by atoms with Crippen LogP contribution in [0.4, 0.5) is 4.79 Å². The van der Waals surface area contributed by atoms with Crippen molar-refractivity contribution in [1.29, 1.82) is 0 Å². The molecule has 0 aliphatic carbocycles. The molecule has 1 heterocycles. The van der Waals surface area contributed by atoms with E-state index < -0.39 is 0 Å². The third-order valence-corrected chi connectivity index (χ3v) is 3.64. The number of nitrogens with two attached hydrogens (primary N) is 1. The first-order chi connectivity index (χ1) is 6.13. The summed E-state index contributed by atoms with van der Waals surface area (Å²) in [4.78, 5) is 12.6. The van der Waals surface area contributed by atoms with E-state index in [2.05, 4.69) is 13.8 Å². The number of nitrogens with zero attached hydrogens (tertiary/aromatic N) is 1. The molecule has 1 rings (SSSR count). The van der Waals surface area contributed by atoms with Crippen LogP contribution >= 0.6 is 0 Å². The lowest BCUT2D eigenvalue weighted by Gasteiger charge is -2.40. The van der Waals surface area contributed by atoms with Gasteiger partial charge in [-0.2, -0.15) is 0 Å². The van der Waals surface area contributed by atoms with E-state index in [4.69, 9.17) is 5.73 Å². The Labute approximate surface area is 80.3 Å². The second-order valence-corrected chi connectivity index (χ2v) is 4.03. The summed E-state index contributed by atoms with van der Waals surface area (Å²) in [6.45, 7) is 6.17. The maximum absolute atomic E-state index is 10.9. The number of urea groups is 1. The Morgan fingerprint density at radius 2 is 1.77 bits per heavy atom. The Hall–Kier alpha value is -0.730. The van der Waals surface area contributed by atoms with Crippen molar-refractivity contribution in [3.05, 3.63) is 0 Å². The van der Waals surface area contributed by atoms with Gasteiger partial charge in [0.15, 0.2) is 0 Å². The number of primary amides is 1. The predicted molar refractivity (Wildman–Crippen MR) is 53.4 cm³/mol. The molecular weight excluding hydrogens is 164 g/mol. The molecule has 1 aliphatic rings. The molecule has 1 aliphatic heterocycles. The fourth-order valence-electron chi connectivity index (χ4n) is 2.16. The predicted octanol–water partition coefficient (Wildman–Crippen LogP) is 1.97. The molecule has 1 fully saturated rings. The number of rotatable bonds is 2. The molecule has 0 saturated carbocycles. The van der Waals surface area contributed by atoms with Gasteiger partial charge in [0.25, 0.3) is 0 Å². The molecule has 3 heteroatoms. The highest BCUT2D eigenvalue weighted by Gasteiger charge is 2.31. The summed E-state index contributed by atoms with van der Waals surface area (Å²) >= 11 is 0. The van der Waals surface area contributed by atoms with Crippen molar-refractivity contribution in [2.24, 2.45) is 11.1 Å². The van der Waals surface area contributed by atoms with E-state index in [0.717, 1.165) is 25.9 Å². The zero-order valence-corrected chi connectivity index (χ0v) is 8.68. The van der Waals surface area contributed by atoms with Crippen LogP contribution in [0.2, 0.25) is 0 Å². The molecule has 13 heavy (non-hydrogen) atoms. The van der Waals surface area contributed by atoms with Crippen molar-refractivity contribution in [2.45, 2.75) is 39.5 Å². The SMILES string of the molecule is CCC1(CC)CCN(C(N)=O)CC1. The maximum atomic E-state index is 10.9. The number of carbonyl (C=O) groups excluding carboxylic acids is 1. The molecule has 0 aromatic rings. The van der Waals surface area contributed by atoms with Crippen molar-refractivity contribution >= 4 is 6.03 Å². The normalized spacial score (nSPS) is 21.5. The van der Waals surface area contributed by atoms with Crippen LogP contribution in [0.15, 0.2) is 0 Å². The number of likely N-dealkylation sites (tertiary alicyclic amines) is 1. The van der Waals surface area contributed by atoms with Gasteiger partial charge in [-0.1, -0.05) is 26.7 Å². The molecule has 0 spiro atoms. The molecule has 2 amide bonds. The average Bonchev–Trinajstić information content (AvgIpc) is 2.18. The molecule has 0 unspecified atom stereocenters. The van der Waals surface area contributed by atoms with E-state index in [-0.39, 0.29) is 6.03 Å². The first kappa shape index (κ1) is 10.4. The summed E-state index contributed by atoms with van der Waals surface area (Å²) in [5.41, 5.74) is 5.70. The average molecular weight is 184 g/mol. The first-order valence-corrected chi connectivity index (χ1v) is 5.18. The zero-order valence-electron chi connectivity index (χ0n) is 8.68. The van der Waals surface area contributed by atoms with Crippen LogP contribution in [-0.4, -0.2) is 24.0 Å². The van der Waals surface area contributed by atoms with Gasteiger partial charge < -0.3 is 10.6 Å². The first-order valence-electron chi connectivity index (χ1n) is 5.18. The standard InChI is InChI=1S/C10H20N2O/c1-3-10(4-2)5-7-12(8-6-10)9(11)13/h3-8H2,1-2H3,(H2,11,13). The monoisotopic (exact) mass is 184 g/mol. The number of amides is 2. The fourth-order valence-corrected chi connectivity index (χ4v) is 2.16. The molecule has 0 bridgehead atoms. The summed E-state index contributed by atoms with van der Waals surface area (Å²) in [6, 6.07) is -0.263. The molecular formula is C10H20N2O. The molecule has 0 atom stereocenters. The Kier molecular flexibility index (Phi) is 3.17. The Bertz CT molecular complexity index is 177. The molecule has 2 N–H and O–H groups in total. The van der Waals surface area contributed by atoms with Gasteiger partial charge in [0.05, 0.1) is 0 Å². The molecule has 76 valence electrons. The lowest BCUT2D eigenvalue weighted by Crippen LogP contribution is -2.45. The number of hydrogen-bond donors (Lipinski definition) is 1. The largest absolute Gasteiger partial charge is 0.351 e. The van der Waals surface area contributed by atoms with E-state index >= 15 is 0 Å². The van der Waals surface area contributed by atoms with Crippen LogP contribution in [0.5, 0.6) is 0 Å². The molecule has 0 radical (unpaired) electrons. The Morgan fingerprint density at radius 1 is 1.31 bits per heavy atom. The Morgan fingerprint density at radius 3 is 2.08 bits per heavy atom. The molecule has 3 nitrogen and oxygen atoms in total. The van der Waals surface area contributed by atoms with E-state index in [1.807, 2.05) is 0 Å². The van der Waals surface area contributed by atoms with Crippen molar-refractivity contribution in [3.63, 3.8) is 0 Å². The highest BCUT2D eigenvalue weighted by molar-refractivity contribution is 5.72. The van der Waals surface area contributed by atoms with Gasteiger partial charge in [-0.05, 0) is 18.3 Å². The quantitative estimate of drug-likeness (QED) is 0.700. The third kappa shape index (κ3) is 2.14. The lowest BCUT2D eigenvalue weighted by molar-refractivity contribution is 0.113. The van der Waals surface area contributed by atoms with Crippen LogP contribution in [0.25, 0.3) is 0 Å². The summed E-state index contributed by atoms with van der Waals surface area (Å²) in [5.74, 6) is 0. The van der Waals surface area contributed by atoms with Crippen LogP contribution in [0, 0.1) is 5.41 Å². The third-order valence-electron chi connectivity index (χ3n) is 3.64. The minimum absolute atomic E-state index is 0.263. The van der Waals surface area contributed by atoms with Gasteiger partial charge in [-0.3, -0.25) is 0 Å². The summed E-state index contributed by atoms with van der Waals surface area (Å²) in [7, 11) is 0. The van der Waals surface area contributed by atoms with Crippen molar-refractivity contribution in [3.8, 4) is 0 Å². The van der Waals surface area contributed by atoms with Crippen molar-refractivity contribution in [1.82, 2.24) is 4.90 Å². The Balaban J connectivity index is 2.50. The van der Waals surface area contributed by atoms with Crippen molar-refractivity contribution < 1.29 is 4.79 Å². The minimum Gasteiger partial charge on any atom is -0.351 e. The number of hydrogen-bond acceptors (Lipinski definition) is 1. The molecule has 0 aromatic carbocycles. The number of piperidine rings is 1. The van der Waals surface area contributed by atoms with Crippen LogP contribution < -0.4 is 5.73 Å². The van der Waals surface area contributed by atoms with Gasteiger partial charge >= 0.3 is 6.03 Å². The van der Waals surface area contributed by atoms with Crippen LogP contribution in [0.3, 0.4) is 0 Å². The zero-order chi connectivity index (χ0) is 9.90. The van der Waals surface area contributed by atoms with Gasteiger partial charge in [-0.25, -0.2) is 4.79 Å². The highest BCUT2D eigenvalue weighted by atomic mass is 16.2. The van der Waals surface area contributed by atoms with Gasteiger partial charge in [0, 0.05) is 13.1 Å². The van der Waals surface area contributed by atoms with E-state index in [0.29, 0.717) is 5.41 Å². The number of carbonyl (C=O) groups is 1. The highest BCUT2D eigenvalue weighted by Crippen LogP contribution is 2.37. The fraction of sp³-hybridized carbons (Fsp3) is 0.900. The second-order valence-electron chi connectivity index (χ2n) is 4.03. The van der Waals surface area contributed by atoms with E-state index in [1.54, 1.807) is 4.90 Å². The molecule has 1 saturated heterocycles. The second kappa shape index (κ2) is 3.99. The van der Waals surface area contributed by atoms with Crippen molar-refractivity contribution in [2.75, 3.05) is 13.1 Å². The summed E-state index contributed by atoms with van der Waals surface area (Å²) < 4.78 is 0. The van der Waals surface area contributed by atoms with E-state index in [9.17, 15) is 4.79 Å². The van der Waals surface area contributed by atoms with Gasteiger partial charge in [0.2, 0.25) is 0 Å². The summed E-state index contributed by atoms with van der Waals surface area (Å²) in [6.07, 6.45) is 4.66. The topological polar surface area (TPSA) is 46.3 Å². The molecule has 0 aromatic heterocycles. The smallest absolute Gasteiger partial charge is 0.314 e. The van der Waals surface area contributed by atoms with Crippen LogP contribution in [0.1, 0.15) is 39.5 Å². The maximum Gasteiger partial charge on any atom is 0.314 e. The lowest BCUT2D eigenvalue weighted by atomic mass is 9.74. The summed E-state index contributed by atoms with van der Waals surface area (Å²) in [5, 5.41) is 0. The van der Waals surface area contributed by atoms with Gasteiger partial charge in [-0.15, -0.1) is 0 Å². The minimum atomic E-state index is -0.263. The van der Waals surface area contributed by atoms with Gasteiger partial charge in [0.1, 0.15) is 0 Å². The van der Waals surface area contributed by atoms with Crippen LogP contribution in [-0.2, 0) is 0 Å². The van der Waals surface area contributed by atoms with E-state index in [1.165, 1.54) is 12.8 Å².